The van der Waals surface area contributed by atoms with Crippen LogP contribution < -0.4 is 10.9 Å². The Morgan fingerprint density at radius 2 is 2.27 bits per heavy atom. The van der Waals surface area contributed by atoms with Crippen molar-refractivity contribution in [2.75, 3.05) is 6.54 Å². The number of aromatic nitrogens is 2. The molecule has 3 heterocycles. The highest BCUT2D eigenvalue weighted by molar-refractivity contribution is 8.00. The lowest BCUT2D eigenvalue weighted by molar-refractivity contribution is -0.120. The lowest BCUT2D eigenvalue weighted by atomic mass is 10.2. The zero-order valence-electron chi connectivity index (χ0n) is 14.9. The van der Waals surface area contributed by atoms with Gasteiger partial charge in [0.2, 0.25) is 5.91 Å². The summed E-state index contributed by atoms with van der Waals surface area (Å²) in [5, 5.41) is 4.98. The maximum atomic E-state index is 12.6. The molecule has 0 bridgehead atoms. The van der Waals surface area contributed by atoms with E-state index in [4.69, 9.17) is 4.42 Å². The van der Waals surface area contributed by atoms with E-state index in [9.17, 15) is 9.59 Å². The molecule has 2 unspecified atom stereocenters. The van der Waals surface area contributed by atoms with Crippen LogP contribution in [0.15, 0.2) is 33.0 Å². The van der Waals surface area contributed by atoms with Gasteiger partial charge in [0.15, 0.2) is 0 Å². The first-order valence-corrected chi connectivity index (χ1v) is 10.3. The average Bonchev–Trinajstić information content (AvgIpc) is 3.28. The van der Waals surface area contributed by atoms with E-state index in [1.54, 1.807) is 12.3 Å². The van der Waals surface area contributed by atoms with Crippen LogP contribution in [0, 0.1) is 0 Å². The van der Waals surface area contributed by atoms with Crippen molar-refractivity contribution in [3.05, 3.63) is 40.0 Å². The second-order valence-corrected chi connectivity index (χ2v) is 8.51. The summed E-state index contributed by atoms with van der Waals surface area (Å²) in [6.45, 7) is 6.49. The zero-order chi connectivity index (χ0) is 18.7. The molecule has 0 fully saturated rings. The highest BCUT2D eigenvalue weighted by atomic mass is 32.2. The van der Waals surface area contributed by atoms with Crippen LogP contribution in [0.2, 0.25) is 0 Å². The van der Waals surface area contributed by atoms with Crippen molar-refractivity contribution in [2.24, 2.45) is 0 Å². The maximum absolute atomic E-state index is 12.6. The first-order valence-electron chi connectivity index (χ1n) is 8.49. The number of carbonyl (C=O) groups excluding carboxylic acids is 1. The molecule has 0 radical (unpaired) electrons. The van der Waals surface area contributed by atoms with Gasteiger partial charge in [-0.3, -0.25) is 9.59 Å². The molecule has 0 aliphatic heterocycles. The Bertz CT molecular complexity index is 946. The zero-order valence-corrected chi connectivity index (χ0v) is 16.5. The minimum atomic E-state index is -0.223. The number of hydrogen-bond acceptors (Lipinski definition) is 6. The lowest BCUT2D eigenvalue weighted by Crippen LogP contribution is -2.31. The molecule has 6 nitrogen and oxygen atoms in total. The fourth-order valence-electron chi connectivity index (χ4n) is 2.60. The highest BCUT2D eigenvalue weighted by Crippen LogP contribution is 2.34. The van der Waals surface area contributed by atoms with Gasteiger partial charge in [0.25, 0.3) is 5.56 Å². The monoisotopic (exact) mass is 391 g/mol. The molecule has 138 valence electrons. The summed E-state index contributed by atoms with van der Waals surface area (Å²) in [6.07, 6.45) is 2.49. The van der Waals surface area contributed by atoms with Crippen LogP contribution in [-0.2, 0) is 4.79 Å². The fraction of sp³-hybridized carbons (Fsp3) is 0.389. The summed E-state index contributed by atoms with van der Waals surface area (Å²) in [5.74, 6) is 1.23. The molecular formula is C18H21N3O3S2. The number of thiophene rings is 1. The van der Waals surface area contributed by atoms with Crippen LogP contribution in [-0.4, -0.2) is 27.7 Å². The standard InChI is InChI=1S/C18H21N3O3S2/c1-4-7-19-16(22)11(3)26-10(2)15-20-17(23)14-12(9-25-18(14)21-15)13-6-5-8-24-13/h5-6,8-11H,4,7H2,1-3H3,(H,19,22)(H,20,21,23). The number of nitrogens with one attached hydrogen (secondary N) is 2. The molecular weight excluding hydrogens is 370 g/mol. The van der Waals surface area contributed by atoms with E-state index in [1.165, 1.54) is 23.1 Å². The molecule has 1 amide bonds. The van der Waals surface area contributed by atoms with E-state index < -0.39 is 0 Å². The summed E-state index contributed by atoms with van der Waals surface area (Å²) in [4.78, 5) is 32.8. The molecule has 2 N–H and O–H groups in total. The third-order valence-electron chi connectivity index (χ3n) is 3.96. The van der Waals surface area contributed by atoms with Gasteiger partial charge in [0, 0.05) is 17.5 Å². The number of carbonyl (C=O) groups is 1. The number of aromatic amines is 1. The normalized spacial score (nSPS) is 13.7. The Morgan fingerprint density at radius 1 is 1.46 bits per heavy atom. The third kappa shape index (κ3) is 3.86. The lowest BCUT2D eigenvalue weighted by Gasteiger charge is -2.16. The number of amides is 1. The Balaban J connectivity index is 1.83. The van der Waals surface area contributed by atoms with Crippen LogP contribution in [0.5, 0.6) is 0 Å². The Hall–Kier alpha value is -2.06. The van der Waals surface area contributed by atoms with Crippen molar-refractivity contribution in [3.63, 3.8) is 0 Å². The first kappa shape index (κ1) is 18.7. The van der Waals surface area contributed by atoms with Gasteiger partial charge in [-0.2, -0.15) is 0 Å². The molecule has 0 aliphatic rings. The van der Waals surface area contributed by atoms with Gasteiger partial charge < -0.3 is 14.7 Å². The molecule has 3 aromatic rings. The van der Waals surface area contributed by atoms with Crippen molar-refractivity contribution in [1.82, 2.24) is 15.3 Å². The van der Waals surface area contributed by atoms with Crippen molar-refractivity contribution < 1.29 is 9.21 Å². The van der Waals surface area contributed by atoms with Crippen molar-refractivity contribution >= 4 is 39.2 Å². The number of fused-ring (bicyclic) bond motifs is 1. The molecule has 0 aromatic carbocycles. The van der Waals surface area contributed by atoms with Crippen molar-refractivity contribution in [3.8, 4) is 11.3 Å². The van der Waals surface area contributed by atoms with E-state index >= 15 is 0 Å². The van der Waals surface area contributed by atoms with Crippen LogP contribution in [0.25, 0.3) is 21.5 Å². The van der Waals surface area contributed by atoms with Gasteiger partial charge in [-0.15, -0.1) is 23.1 Å². The van der Waals surface area contributed by atoms with Crippen LogP contribution in [0.3, 0.4) is 0 Å². The number of rotatable bonds is 7. The predicted octanol–water partition coefficient (Wildman–Crippen LogP) is 3.95. The minimum absolute atomic E-state index is 0.00311. The molecule has 0 saturated heterocycles. The Labute approximate surface area is 159 Å². The first-order chi connectivity index (χ1) is 12.5. The quantitative estimate of drug-likeness (QED) is 0.637. The fourth-order valence-corrected chi connectivity index (χ4v) is 4.59. The second-order valence-electron chi connectivity index (χ2n) is 5.97. The van der Waals surface area contributed by atoms with Gasteiger partial charge in [-0.05, 0) is 32.4 Å². The maximum Gasteiger partial charge on any atom is 0.260 e. The summed E-state index contributed by atoms with van der Waals surface area (Å²) in [6, 6.07) is 3.61. The summed E-state index contributed by atoms with van der Waals surface area (Å²) < 4.78 is 5.41. The Morgan fingerprint density at radius 3 is 2.96 bits per heavy atom. The van der Waals surface area contributed by atoms with E-state index in [0.717, 1.165) is 12.0 Å². The van der Waals surface area contributed by atoms with Gasteiger partial charge in [0.1, 0.15) is 16.4 Å². The number of furan rings is 1. The molecule has 0 saturated carbocycles. The molecule has 26 heavy (non-hydrogen) atoms. The van der Waals surface area contributed by atoms with Gasteiger partial charge in [-0.1, -0.05) is 6.92 Å². The summed E-state index contributed by atoms with van der Waals surface area (Å²) >= 11 is 2.89. The number of thioether (sulfide) groups is 1. The largest absolute Gasteiger partial charge is 0.464 e. The minimum Gasteiger partial charge on any atom is -0.464 e. The van der Waals surface area contributed by atoms with E-state index in [2.05, 4.69) is 15.3 Å². The van der Waals surface area contributed by atoms with Crippen molar-refractivity contribution in [1.29, 1.82) is 0 Å². The van der Waals surface area contributed by atoms with Crippen molar-refractivity contribution in [2.45, 2.75) is 37.7 Å². The molecule has 8 heteroatoms. The smallest absolute Gasteiger partial charge is 0.260 e. The van der Waals surface area contributed by atoms with Gasteiger partial charge in [0.05, 0.1) is 22.1 Å². The highest BCUT2D eigenvalue weighted by Gasteiger charge is 2.21. The molecule has 0 aliphatic carbocycles. The van der Waals surface area contributed by atoms with Crippen LogP contribution in [0.4, 0.5) is 0 Å². The topological polar surface area (TPSA) is 88.0 Å². The van der Waals surface area contributed by atoms with E-state index in [0.29, 0.717) is 28.3 Å². The van der Waals surface area contributed by atoms with Crippen LogP contribution in [0.1, 0.15) is 38.3 Å². The number of H-pyrrole nitrogens is 1. The number of hydrogen-bond donors (Lipinski definition) is 2. The summed E-state index contributed by atoms with van der Waals surface area (Å²) in [5.41, 5.74) is 0.566. The SMILES string of the molecule is CCCNC(=O)C(C)SC(C)c1nc2scc(-c3ccco3)c2c(=O)[nH]1. The predicted molar refractivity (Wildman–Crippen MR) is 107 cm³/mol. The summed E-state index contributed by atoms with van der Waals surface area (Å²) in [7, 11) is 0. The van der Waals surface area contributed by atoms with E-state index in [1.807, 2.05) is 32.2 Å². The van der Waals surface area contributed by atoms with Gasteiger partial charge in [-0.25, -0.2) is 4.98 Å². The molecule has 3 aromatic heterocycles. The van der Waals surface area contributed by atoms with Gasteiger partial charge >= 0.3 is 0 Å². The average molecular weight is 392 g/mol. The van der Waals surface area contributed by atoms with Crippen LogP contribution >= 0.6 is 23.1 Å². The van der Waals surface area contributed by atoms with E-state index in [-0.39, 0.29) is 22.0 Å². The second kappa shape index (κ2) is 8.09. The molecule has 2 atom stereocenters. The third-order valence-corrected chi connectivity index (χ3v) is 6.09. The number of nitrogens with zero attached hydrogens (tertiary/aromatic N) is 1. The molecule has 3 rings (SSSR count). The Kier molecular flexibility index (Phi) is 5.83. The molecule has 0 spiro atoms.